The van der Waals surface area contributed by atoms with Gasteiger partial charge in [0.25, 0.3) is 5.91 Å². The van der Waals surface area contributed by atoms with Crippen LogP contribution in [0, 0.1) is 17.3 Å². The lowest BCUT2D eigenvalue weighted by atomic mass is 9.83. The van der Waals surface area contributed by atoms with Gasteiger partial charge in [-0.25, -0.2) is 10.2 Å². The lowest BCUT2D eigenvalue weighted by Gasteiger charge is -2.54. The fourth-order valence-electron chi connectivity index (χ4n) is 12.6. The Morgan fingerprint density at radius 2 is 1.80 bits per heavy atom. The van der Waals surface area contributed by atoms with Crippen molar-refractivity contribution in [3.8, 4) is 11.3 Å². The van der Waals surface area contributed by atoms with Crippen LogP contribution in [0.25, 0.3) is 27.7 Å². The predicted octanol–water partition coefficient (Wildman–Crippen LogP) is 6.28. The summed E-state index contributed by atoms with van der Waals surface area (Å²) in [6.07, 6.45) is 11.6. The number of ether oxygens (including phenoxy) is 2. The van der Waals surface area contributed by atoms with Crippen molar-refractivity contribution in [1.82, 2.24) is 49.8 Å². The molecule has 1 saturated carbocycles. The second kappa shape index (κ2) is 22.5. The molecule has 0 radical (unpaired) electrons. The van der Waals surface area contributed by atoms with Gasteiger partial charge in [-0.1, -0.05) is 46.4 Å². The molecule has 5 amide bonds. The van der Waals surface area contributed by atoms with Crippen LogP contribution in [0.1, 0.15) is 109 Å². The molecule has 3 saturated heterocycles. The summed E-state index contributed by atoms with van der Waals surface area (Å²) >= 11 is 0. The summed E-state index contributed by atoms with van der Waals surface area (Å²) in [5, 5.41) is 5.78. The number of aryl methyl sites for hydroxylation is 1. The van der Waals surface area contributed by atoms with E-state index >= 15 is 0 Å². The summed E-state index contributed by atoms with van der Waals surface area (Å²) in [6, 6.07) is 7.91. The van der Waals surface area contributed by atoms with E-state index in [-0.39, 0.29) is 48.6 Å². The molecule has 75 heavy (non-hydrogen) atoms. The summed E-state index contributed by atoms with van der Waals surface area (Å²) in [5.74, 6) is -0.841. The van der Waals surface area contributed by atoms with Gasteiger partial charge in [-0.2, -0.15) is 0 Å². The average Bonchev–Trinajstić information content (AvgIpc) is 4.20. The number of piperidine rings is 1. The Morgan fingerprint density at radius 3 is 2.51 bits per heavy atom. The summed E-state index contributed by atoms with van der Waals surface area (Å²) in [6.45, 7) is 22.8. The molecular formula is C58H82N10O7. The number of esters is 1. The van der Waals surface area contributed by atoms with Crippen molar-refractivity contribution in [3.63, 3.8) is 0 Å². The van der Waals surface area contributed by atoms with Gasteiger partial charge in [0.15, 0.2) is 0 Å². The number of nitrogens with zero attached hydrogens (tertiary/aromatic N) is 8. The number of hydrogen-bond donors (Lipinski definition) is 2. The molecule has 406 valence electrons. The second-order valence-corrected chi connectivity index (χ2v) is 23.3. The first kappa shape index (κ1) is 54.2. The van der Waals surface area contributed by atoms with E-state index in [1.54, 1.807) is 19.1 Å². The fraction of sp³-hybridized carbons (Fsp3) is 0.621. The number of pyridine rings is 1. The smallest absolute Gasteiger partial charge is 0.324 e. The Bertz CT molecular complexity index is 2670. The summed E-state index contributed by atoms with van der Waals surface area (Å²) < 4.78 is 14.4. The molecule has 9 rings (SSSR count). The maximum Gasteiger partial charge on any atom is 0.324 e. The largest absolute Gasteiger partial charge is 0.464 e. The fourth-order valence-corrected chi connectivity index (χ4v) is 12.6. The molecule has 17 heteroatoms. The van der Waals surface area contributed by atoms with Gasteiger partial charge in [-0.05, 0) is 124 Å². The third-order valence-corrected chi connectivity index (χ3v) is 17.0. The Labute approximate surface area is 443 Å². The highest BCUT2D eigenvalue weighted by atomic mass is 16.5. The molecule has 6 aliphatic rings. The standard InChI is InChI=1S/C58H82N10O7/c1-10-49(69)65-29-30-66(33-40-18-19-40)58(36-65)22-27-64(28-23-58)56(73)62(8)51(38(3)4)53(70)60-47-35-63-25-13-15-42(34-63)41-20-21-48-44(31-41)45(52(67(48)11-2)43-16-12-24-59-50(43)39(5)74-9)32-57(6,7)37-75-55(72)46-17-14-26-68(61-46)54(47)71/h10,12,15-16,20-21,24,31,38-40,46-47,51,61H,1,11,13-14,17-19,22-23,25-30,32-37H2,2-9H3,(H,60,70)/t39-,46-,47-,51-/m0/s1. The summed E-state index contributed by atoms with van der Waals surface area (Å²) in [7, 11) is 3.39. The normalized spacial score (nSPS) is 24.3. The zero-order chi connectivity index (χ0) is 53.3. The molecule has 5 atom stereocenters. The van der Waals surface area contributed by atoms with Gasteiger partial charge >= 0.3 is 12.0 Å². The number of fused-ring (bicyclic) bond motifs is 6. The quantitative estimate of drug-likeness (QED) is 0.164. The number of piperazine rings is 1. The monoisotopic (exact) mass is 1030 g/mol. The molecule has 6 bridgehead atoms. The van der Waals surface area contributed by atoms with Crippen molar-refractivity contribution in [1.29, 1.82) is 0 Å². The molecule has 4 fully saturated rings. The first-order valence-corrected chi connectivity index (χ1v) is 27.7. The van der Waals surface area contributed by atoms with Crippen LogP contribution >= 0.6 is 0 Å². The minimum absolute atomic E-state index is 0.0569. The number of amides is 5. The maximum absolute atomic E-state index is 15.0. The van der Waals surface area contributed by atoms with Gasteiger partial charge in [-0.3, -0.25) is 39.0 Å². The van der Waals surface area contributed by atoms with E-state index in [0.717, 1.165) is 83.5 Å². The number of urea groups is 1. The zero-order valence-electron chi connectivity index (χ0n) is 45.9. The molecule has 1 aromatic carbocycles. The van der Waals surface area contributed by atoms with E-state index in [1.165, 1.54) is 23.9 Å². The highest BCUT2D eigenvalue weighted by Gasteiger charge is 2.48. The van der Waals surface area contributed by atoms with E-state index in [9.17, 15) is 24.0 Å². The number of aromatic nitrogens is 2. The molecule has 1 aliphatic carbocycles. The first-order valence-electron chi connectivity index (χ1n) is 27.7. The minimum Gasteiger partial charge on any atom is -0.464 e. The van der Waals surface area contributed by atoms with E-state index < -0.39 is 35.4 Å². The summed E-state index contributed by atoms with van der Waals surface area (Å²) in [5.41, 5.74) is 9.90. The number of hydrazine groups is 1. The van der Waals surface area contributed by atoms with Crippen LogP contribution in [-0.2, 0) is 41.6 Å². The number of carbonyl (C=O) groups excluding carboxylic acids is 5. The lowest BCUT2D eigenvalue weighted by Crippen LogP contribution is -2.67. The van der Waals surface area contributed by atoms with Crippen molar-refractivity contribution < 1.29 is 33.4 Å². The molecule has 5 aliphatic heterocycles. The number of carbonyl (C=O) groups is 5. The van der Waals surface area contributed by atoms with Crippen molar-refractivity contribution >= 4 is 46.2 Å². The molecular weight excluding hydrogens is 949 g/mol. The lowest BCUT2D eigenvalue weighted by molar-refractivity contribution is -0.155. The Hall–Kier alpha value is -5.62. The minimum atomic E-state index is -1.00. The number of cyclic esters (lactones) is 1. The van der Waals surface area contributed by atoms with E-state index in [2.05, 4.69) is 82.8 Å². The highest BCUT2D eigenvalue weighted by Crippen LogP contribution is 2.42. The molecule has 2 aromatic heterocycles. The number of rotatable bonds is 11. The topological polar surface area (TPSA) is 165 Å². The van der Waals surface area contributed by atoms with Gasteiger partial charge in [0.05, 0.1) is 24.1 Å². The maximum atomic E-state index is 15.0. The highest BCUT2D eigenvalue weighted by molar-refractivity contribution is 5.95. The van der Waals surface area contributed by atoms with Crippen molar-refractivity contribution in [3.05, 3.63) is 72.1 Å². The molecule has 3 aromatic rings. The third-order valence-electron chi connectivity index (χ3n) is 17.0. The number of likely N-dealkylation sites (N-methyl/N-ethyl adjacent to an activating group) is 1. The number of nitrogens with one attached hydrogen (secondary N) is 2. The van der Waals surface area contributed by atoms with Crippen molar-refractivity contribution in [2.24, 2.45) is 17.3 Å². The van der Waals surface area contributed by atoms with Crippen LogP contribution in [-0.4, -0.2) is 179 Å². The van der Waals surface area contributed by atoms with Crippen LogP contribution in [0.3, 0.4) is 0 Å². The number of likely N-dealkylation sites (tertiary alicyclic amines) is 1. The van der Waals surface area contributed by atoms with Gasteiger partial charge in [0, 0.05) is 120 Å². The van der Waals surface area contributed by atoms with Crippen LogP contribution in [0.2, 0.25) is 0 Å². The molecule has 1 unspecified atom stereocenters. The van der Waals surface area contributed by atoms with Crippen LogP contribution in [0.5, 0.6) is 0 Å². The number of benzene rings is 1. The molecule has 1 spiro atoms. The zero-order valence-corrected chi connectivity index (χ0v) is 45.9. The Balaban J connectivity index is 0.991. The van der Waals surface area contributed by atoms with Gasteiger partial charge in [-0.15, -0.1) is 0 Å². The van der Waals surface area contributed by atoms with E-state index in [1.807, 2.05) is 42.8 Å². The number of hydrogen-bond acceptors (Lipinski definition) is 11. The molecule has 17 nitrogen and oxygen atoms in total. The first-order chi connectivity index (χ1) is 35.9. The molecule has 7 heterocycles. The van der Waals surface area contributed by atoms with E-state index in [4.69, 9.17) is 14.5 Å². The van der Waals surface area contributed by atoms with Crippen molar-refractivity contribution in [2.75, 3.05) is 86.2 Å². The Kier molecular flexibility index (Phi) is 16.3. The van der Waals surface area contributed by atoms with Crippen LogP contribution < -0.4 is 10.7 Å². The van der Waals surface area contributed by atoms with E-state index in [0.29, 0.717) is 71.0 Å². The second-order valence-electron chi connectivity index (χ2n) is 23.3. The molecule has 2 N–H and O–H groups in total. The number of methoxy groups -OCH3 is 1. The van der Waals surface area contributed by atoms with Gasteiger partial charge in [0.2, 0.25) is 11.8 Å². The van der Waals surface area contributed by atoms with Crippen molar-refractivity contribution in [2.45, 2.75) is 129 Å². The van der Waals surface area contributed by atoms with Gasteiger partial charge < -0.3 is 34.1 Å². The SMILES string of the molecule is C=CC(=O)N1CCN(CC2CC2)C2(CCN(C(=O)N(C)[C@H](C(=O)N[C@H]3CN4CCC=C(C4)c4ccc5c(c4)c(c(-c4cccnc4[C@H](C)OC)n5CC)CC(C)(C)COC(=O)[C@@H]4CCCN(N4)C3=O)C(C)C)CC2)C1. The van der Waals surface area contributed by atoms with Gasteiger partial charge in [0.1, 0.15) is 18.1 Å². The van der Waals surface area contributed by atoms with Crippen LogP contribution in [0.4, 0.5) is 4.79 Å². The third kappa shape index (κ3) is 11.4. The van der Waals surface area contributed by atoms with Crippen LogP contribution in [0.15, 0.2) is 55.3 Å². The predicted molar refractivity (Wildman–Crippen MR) is 290 cm³/mol. The summed E-state index contributed by atoms with van der Waals surface area (Å²) in [4.78, 5) is 86.3. The Morgan fingerprint density at radius 1 is 1.03 bits per heavy atom. The average molecular weight is 1030 g/mol.